The van der Waals surface area contributed by atoms with E-state index < -0.39 is 48.4 Å². The number of carbonyl (C=O) groups is 4. The number of urea groups is 2. The molecule has 3 aromatic rings. The Morgan fingerprint density at radius 3 is 1.90 bits per heavy atom. The quantitative estimate of drug-likeness (QED) is 0.307. The number of carbonyl (C=O) groups excluding carboxylic acids is 3. The maximum Gasteiger partial charge on any atom is 0.323 e. The van der Waals surface area contributed by atoms with E-state index in [-0.39, 0.29) is 13.1 Å². The van der Waals surface area contributed by atoms with Gasteiger partial charge in [-0.25, -0.2) is 14.0 Å². The molecule has 1 saturated heterocycles. The predicted molar refractivity (Wildman–Crippen MR) is 149 cm³/mol. The topological polar surface area (TPSA) is 140 Å². The highest BCUT2D eigenvalue weighted by Gasteiger charge is 2.43. The molecule has 1 aliphatic heterocycles. The average Bonchev–Trinajstić information content (AvgIpc) is 3.40. The standard InChI is InChI=1S/C28H27ClFN5O6/c1-41-22-12-10-21(11-13-22)32-28(40)35-15-14-34(27(39)31-20-8-4-18(29)5-9-20)26(35)25(38)33-23(16-24(36)37)17-2-6-19(30)7-3-17/h2-13,23,26H,14-16H2,1H3,(H,31,39)(H,32,40)(H,33,38)(H,36,37). The van der Waals surface area contributed by atoms with Crippen LogP contribution in [0.1, 0.15) is 18.0 Å². The van der Waals surface area contributed by atoms with Crippen molar-refractivity contribution in [2.75, 3.05) is 30.8 Å². The van der Waals surface area contributed by atoms with Crippen LogP contribution < -0.4 is 20.7 Å². The molecule has 3 aromatic carbocycles. The van der Waals surface area contributed by atoms with Crippen molar-refractivity contribution in [1.29, 1.82) is 0 Å². The minimum absolute atomic E-state index is 0.00763. The molecule has 0 radical (unpaired) electrons. The van der Waals surface area contributed by atoms with Gasteiger partial charge in [-0.15, -0.1) is 0 Å². The number of halogens is 2. The van der Waals surface area contributed by atoms with E-state index in [9.17, 15) is 28.7 Å². The van der Waals surface area contributed by atoms with Crippen LogP contribution >= 0.6 is 11.6 Å². The monoisotopic (exact) mass is 583 g/mol. The third-order valence-corrected chi connectivity index (χ3v) is 6.58. The Balaban J connectivity index is 1.59. The molecule has 0 saturated carbocycles. The Bertz CT molecular complexity index is 1400. The summed E-state index contributed by atoms with van der Waals surface area (Å²) in [7, 11) is 1.51. The molecule has 0 spiro atoms. The Morgan fingerprint density at radius 2 is 1.41 bits per heavy atom. The molecular formula is C28H27ClFN5O6. The summed E-state index contributed by atoms with van der Waals surface area (Å²) >= 11 is 5.92. The molecule has 0 aliphatic carbocycles. The molecule has 11 nitrogen and oxygen atoms in total. The molecule has 4 N–H and O–H groups in total. The van der Waals surface area contributed by atoms with Gasteiger partial charge in [-0.3, -0.25) is 19.4 Å². The minimum atomic E-state index is -1.43. The highest BCUT2D eigenvalue weighted by atomic mass is 35.5. The Kier molecular flexibility index (Phi) is 9.25. The number of nitrogens with one attached hydrogen (secondary N) is 3. The maximum absolute atomic E-state index is 13.7. The first kappa shape index (κ1) is 29.2. The van der Waals surface area contributed by atoms with Crippen LogP contribution in [0.25, 0.3) is 0 Å². The van der Waals surface area contributed by atoms with E-state index in [2.05, 4.69) is 16.0 Å². The molecule has 4 rings (SSSR count). The van der Waals surface area contributed by atoms with Crippen molar-refractivity contribution in [3.05, 3.63) is 89.2 Å². The van der Waals surface area contributed by atoms with Crippen molar-refractivity contribution in [3.63, 3.8) is 0 Å². The average molecular weight is 584 g/mol. The first-order valence-electron chi connectivity index (χ1n) is 12.5. The lowest BCUT2D eigenvalue weighted by atomic mass is 10.0. The molecule has 13 heteroatoms. The van der Waals surface area contributed by atoms with Crippen LogP contribution in [-0.4, -0.2) is 65.2 Å². The van der Waals surface area contributed by atoms with Crippen LogP contribution in [0.2, 0.25) is 5.02 Å². The Labute approximate surface area is 239 Å². The van der Waals surface area contributed by atoms with Crippen LogP contribution in [0.4, 0.5) is 25.4 Å². The van der Waals surface area contributed by atoms with Crippen LogP contribution in [-0.2, 0) is 9.59 Å². The third kappa shape index (κ3) is 7.42. The molecule has 1 fully saturated rings. The van der Waals surface area contributed by atoms with Crippen molar-refractivity contribution >= 4 is 46.9 Å². The number of hydrogen-bond donors (Lipinski definition) is 4. The fourth-order valence-electron chi connectivity index (χ4n) is 4.30. The highest BCUT2D eigenvalue weighted by molar-refractivity contribution is 6.30. The smallest absolute Gasteiger partial charge is 0.323 e. The van der Waals surface area contributed by atoms with Crippen molar-refractivity contribution in [3.8, 4) is 5.75 Å². The summed E-state index contributed by atoms with van der Waals surface area (Å²) in [6.45, 7) is 0.0158. The molecule has 0 aromatic heterocycles. The second kappa shape index (κ2) is 13.0. The van der Waals surface area contributed by atoms with E-state index in [0.717, 1.165) is 12.1 Å². The summed E-state index contributed by atoms with van der Waals surface area (Å²) < 4.78 is 18.6. The summed E-state index contributed by atoms with van der Waals surface area (Å²) in [4.78, 5) is 54.2. The molecular weight excluding hydrogens is 557 g/mol. The molecule has 214 valence electrons. The van der Waals surface area contributed by atoms with Gasteiger partial charge in [-0.1, -0.05) is 23.7 Å². The zero-order valence-corrected chi connectivity index (χ0v) is 22.6. The van der Waals surface area contributed by atoms with Crippen LogP contribution in [0.5, 0.6) is 5.75 Å². The maximum atomic E-state index is 13.7. The predicted octanol–water partition coefficient (Wildman–Crippen LogP) is 4.53. The lowest BCUT2D eigenvalue weighted by Gasteiger charge is -2.31. The summed E-state index contributed by atoms with van der Waals surface area (Å²) in [5.41, 5.74) is 1.18. The van der Waals surface area contributed by atoms with Gasteiger partial charge >= 0.3 is 18.0 Å². The van der Waals surface area contributed by atoms with Gasteiger partial charge in [-0.2, -0.15) is 0 Å². The van der Waals surface area contributed by atoms with Gasteiger partial charge in [-0.05, 0) is 66.2 Å². The lowest BCUT2D eigenvalue weighted by Crippen LogP contribution is -2.56. The number of rotatable bonds is 8. The van der Waals surface area contributed by atoms with Gasteiger partial charge in [0.25, 0.3) is 5.91 Å². The highest BCUT2D eigenvalue weighted by Crippen LogP contribution is 2.24. The van der Waals surface area contributed by atoms with E-state index in [4.69, 9.17) is 16.3 Å². The number of anilines is 2. The molecule has 1 aliphatic rings. The summed E-state index contributed by atoms with van der Waals surface area (Å²) in [5.74, 6) is -1.96. The number of carboxylic acids is 1. The number of hydrogen-bond acceptors (Lipinski definition) is 5. The van der Waals surface area contributed by atoms with Gasteiger partial charge in [0.1, 0.15) is 11.6 Å². The number of ether oxygens (including phenoxy) is 1. The van der Waals surface area contributed by atoms with E-state index in [0.29, 0.717) is 27.7 Å². The first-order valence-corrected chi connectivity index (χ1v) is 12.8. The lowest BCUT2D eigenvalue weighted by molar-refractivity contribution is -0.138. The number of carboxylic acid groups (broad SMARTS) is 1. The van der Waals surface area contributed by atoms with E-state index in [1.165, 1.54) is 29.0 Å². The van der Waals surface area contributed by atoms with Crippen molar-refractivity contribution in [2.24, 2.45) is 0 Å². The van der Waals surface area contributed by atoms with Gasteiger partial charge in [0.05, 0.1) is 19.6 Å². The SMILES string of the molecule is COc1ccc(NC(=O)N2CCN(C(=O)Nc3ccc(Cl)cc3)C2C(=O)NC(CC(=O)O)c2ccc(F)cc2)cc1. The Hall–Kier alpha value is -4.84. The number of nitrogens with zero attached hydrogens (tertiary/aromatic N) is 2. The van der Waals surface area contributed by atoms with Crippen LogP contribution in [0.15, 0.2) is 72.8 Å². The van der Waals surface area contributed by atoms with E-state index in [1.807, 2.05) is 0 Å². The number of amides is 5. The first-order chi connectivity index (χ1) is 19.6. The molecule has 5 amide bonds. The Morgan fingerprint density at radius 1 is 0.902 bits per heavy atom. The molecule has 2 atom stereocenters. The van der Waals surface area contributed by atoms with E-state index in [1.54, 1.807) is 48.5 Å². The van der Waals surface area contributed by atoms with Gasteiger partial charge < -0.3 is 25.8 Å². The summed E-state index contributed by atoms with van der Waals surface area (Å²) in [6.07, 6.45) is -1.95. The van der Waals surface area contributed by atoms with Crippen molar-refractivity contribution < 1.29 is 33.4 Å². The molecule has 2 unspecified atom stereocenters. The number of aliphatic carboxylic acids is 1. The van der Waals surface area contributed by atoms with E-state index >= 15 is 0 Å². The fraction of sp³-hybridized carbons (Fsp3) is 0.214. The summed E-state index contributed by atoms with van der Waals surface area (Å²) in [6, 6.07) is 15.5. The van der Waals surface area contributed by atoms with Crippen LogP contribution in [0, 0.1) is 5.82 Å². The second-order valence-corrected chi connectivity index (χ2v) is 9.50. The second-order valence-electron chi connectivity index (χ2n) is 9.07. The molecule has 41 heavy (non-hydrogen) atoms. The third-order valence-electron chi connectivity index (χ3n) is 6.33. The van der Waals surface area contributed by atoms with Crippen molar-refractivity contribution in [1.82, 2.24) is 15.1 Å². The number of methoxy groups -OCH3 is 1. The zero-order valence-electron chi connectivity index (χ0n) is 21.8. The summed E-state index contributed by atoms with van der Waals surface area (Å²) in [5, 5.41) is 17.9. The minimum Gasteiger partial charge on any atom is -0.497 e. The normalized spacial score (nSPS) is 15.1. The van der Waals surface area contributed by atoms with Gasteiger partial charge in [0.2, 0.25) is 0 Å². The number of benzene rings is 3. The van der Waals surface area contributed by atoms with Crippen molar-refractivity contribution in [2.45, 2.75) is 18.6 Å². The van der Waals surface area contributed by atoms with Gasteiger partial charge in [0, 0.05) is 29.5 Å². The molecule has 0 bridgehead atoms. The fourth-order valence-corrected chi connectivity index (χ4v) is 4.43. The molecule has 1 heterocycles. The van der Waals surface area contributed by atoms with Crippen LogP contribution in [0.3, 0.4) is 0 Å². The van der Waals surface area contributed by atoms with Gasteiger partial charge in [0.15, 0.2) is 6.17 Å². The largest absolute Gasteiger partial charge is 0.497 e. The zero-order chi connectivity index (χ0) is 29.5.